The van der Waals surface area contributed by atoms with Crippen molar-refractivity contribution in [2.75, 3.05) is 11.9 Å². The van der Waals surface area contributed by atoms with Crippen LogP contribution in [-0.2, 0) is 6.54 Å². The highest BCUT2D eigenvalue weighted by molar-refractivity contribution is 7.15. The molecule has 3 nitrogen and oxygen atoms in total. The third kappa shape index (κ3) is 3.95. The first-order valence-corrected chi connectivity index (χ1v) is 7.79. The molecule has 0 amide bonds. The Bertz CT molecular complexity index is 371. The van der Waals surface area contributed by atoms with Crippen molar-refractivity contribution >= 4 is 16.5 Å². The van der Waals surface area contributed by atoms with Gasteiger partial charge < -0.3 is 10.2 Å². The predicted octanol–water partition coefficient (Wildman–Crippen LogP) is 3.27. The molecule has 1 saturated carbocycles. The van der Waals surface area contributed by atoms with Gasteiger partial charge in [0, 0.05) is 36.8 Å². The van der Waals surface area contributed by atoms with E-state index < -0.39 is 0 Å². The van der Waals surface area contributed by atoms with Crippen LogP contribution in [0.1, 0.15) is 44.9 Å². The van der Waals surface area contributed by atoms with Crippen molar-refractivity contribution in [3.63, 3.8) is 0 Å². The van der Waals surface area contributed by atoms with Crippen molar-refractivity contribution in [3.8, 4) is 0 Å². The van der Waals surface area contributed by atoms with E-state index >= 15 is 0 Å². The molecular weight excluding hydrogens is 242 g/mol. The van der Waals surface area contributed by atoms with Crippen LogP contribution in [0.3, 0.4) is 0 Å². The summed E-state index contributed by atoms with van der Waals surface area (Å²) in [5.74, 6) is 0.735. The van der Waals surface area contributed by atoms with Gasteiger partial charge in [0.15, 0.2) is 5.13 Å². The average molecular weight is 267 g/mol. The van der Waals surface area contributed by atoms with Crippen molar-refractivity contribution in [2.45, 2.75) is 58.7 Å². The number of rotatable bonds is 7. The number of nitrogens with one attached hydrogen (secondary N) is 1. The molecule has 18 heavy (non-hydrogen) atoms. The molecule has 0 aliphatic heterocycles. The van der Waals surface area contributed by atoms with Crippen molar-refractivity contribution in [1.82, 2.24) is 10.3 Å². The van der Waals surface area contributed by atoms with E-state index in [9.17, 15) is 0 Å². The van der Waals surface area contributed by atoms with Crippen LogP contribution in [0.15, 0.2) is 6.20 Å². The van der Waals surface area contributed by atoms with Gasteiger partial charge in [0.2, 0.25) is 0 Å². The quantitative estimate of drug-likeness (QED) is 0.822. The summed E-state index contributed by atoms with van der Waals surface area (Å²) < 4.78 is 0. The minimum atomic E-state index is 0.556. The Balaban J connectivity index is 1.86. The summed E-state index contributed by atoms with van der Waals surface area (Å²) in [6.45, 7) is 7.81. The largest absolute Gasteiger partial charge is 0.348 e. The molecule has 0 radical (unpaired) electrons. The molecule has 1 aromatic heterocycles. The maximum Gasteiger partial charge on any atom is 0.185 e. The van der Waals surface area contributed by atoms with Crippen LogP contribution in [0.25, 0.3) is 0 Å². The molecule has 102 valence electrons. The Kier molecular flexibility index (Phi) is 4.62. The van der Waals surface area contributed by atoms with Gasteiger partial charge in [-0.05, 0) is 32.1 Å². The summed E-state index contributed by atoms with van der Waals surface area (Å²) >= 11 is 1.82. The van der Waals surface area contributed by atoms with E-state index in [1.165, 1.54) is 24.1 Å². The molecule has 4 heteroatoms. The number of hydrogen-bond acceptors (Lipinski definition) is 4. The van der Waals surface area contributed by atoms with Crippen molar-refractivity contribution in [1.29, 1.82) is 0 Å². The number of thiazole rings is 1. The highest BCUT2D eigenvalue weighted by atomic mass is 32.1. The summed E-state index contributed by atoms with van der Waals surface area (Å²) in [4.78, 5) is 8.21. The first-order chi connectivity index (χ1) is 8.56. The Labute approximate surface area is 115 Å². The minimum absolute atomic E-state index is 0.556. The molecule has 1 aromatic rings. The lowest BCUT2D eigenvalue weighted by Crippen LogP contribution is -2.29. The van der Waals surface area contributed by atoms with Gasteiger partial charge in [0.05, 0.1) is 0 Å². The second kappa shape index (κ2) is 6.02. The van der Waals surface area contributed by atoms with Gasteiger partial charge in [-0.25, -0.2) is 4.98 Å². The van der Waals surface area contributed by atoms with Gasteiger partial charge in [-0.2, -0.15) is 0 Å². The SMILES string of the molecule is CC(C)CC(C)N(C)c1ncc(CNC2CC2)s1. The molecule has 0 saturated heterocycles. The van der Waals surface area contributed by atoms with E-state index in [0.29, 0.717) is 6.04 Å². The second-order valence-electron chi connectivity index (χ2n) is 5.85. The maximum absolute atomic E-state index is 4.55. The lowest BCUT2D eigenvalue weighted by atomic mass is 10.0. The molecular formula is C14H25N3S. The number of aromatic nitrogens is 1. The topological polar surface area (TPSA) is 28.2 Å². The monoisotopic (exact) mass is 267 g/mol. The Morgan fingerprint density at radius 1 is 1.44 bits per heavy atom. The molecule has 1 aliphatic rings. The van der Waals surface area contributed by atoms with Gasteiger partial charge in [0.25, 0.3) is 0 Å². The third-order valence-corrected chi connectivity index (χ3v) is 4.55. The molecule has 0 aromatic carbocycles. The molecule has 2 rings (SSSR count). The van der Waals surface area contributed by atoms with E-state index in [1.54, 1.807) is 0 Å². The highest BCUT2D eigenvalue weighted by Crippen LogP contribution is 2.26. The normalized spacial score (nSPS) is 17.2. The fraction of sp³-hybridized carbons (Fsp3) is 0.786. The Morgan fingerprint density at radius 3 is 2.78 bits per heavy atom. The standard InChI is InChI=1S/C14H25N3S/c1-10(2)7-11(3)17(4)14-16-9-13(18-14)8-15-12-5-6-12/h9-12,15H,5-8H2,1-4H3. The zero-order valence-electron chi connectivity index (χ0n) is 11.9. The average Bonchev–Trinajstić information content (AvgIpc) is 3.02. The fourth-order valence-corrected chi connectivity index (χ4v) is 3.03. The Morgan fingerprint density at radius 2 is 2.17 bits per heavy atom. The molecule has 1 N–H and O–H groups in total. The van der Waals surface area contributed by atoms with Gasteiger partial charge in [-0.3, -0.25) is 0 Å². The number of hydrogen-bond donors (Lipinski definition) is 1. The molecule has 0 bridgehead atoms. The first kappa shape index (κ1) is 13.8. The zero-order chi connectivity index (χ0) is 13.1. The third-order valence-electron chi connectivity index (χ3n) is 3.46. The van der Waals surface area contributed by atoms with E-state index in [0.717, 1.165) is 23.6 Å². The first-order valence-electron chi connectivity index (χ1n) is 6.97. The summed E-state index contributed by atoms with van der Waals surface area (Å²) in [5, 5.41) is 4.69. The molecule has 1 heterocycles. The van der Waals surface area contributed by atoms with E-state index in [4.69, 9.17) is 0 Å². The van der Waals surface area contributed by atoms with Crippen LogP contribution < -0.4 is 10.2 Å². The summed E-state index contributed by atoms with van der Waals surface area (Å²) in [6, 6.07) is 1.33. The van der Waals surface area contributed by atoms with E-state index in [2.05, 4.69) is 43.0 Å². The number of nitrogens with zero attached hydrogens (tertiary/aromatic N) is 2. The van der Waals surface area contributed by atoms with Crippen LogP contribution in [-0.4, -0.2) is 24.1 Å². The maximum atomic E-state index is 4.55. The molecule has 1 aliphatic carbocycles. The second-order valence-corrected chi connectivity index (χ2v) is 6.95. The summed E-state index contributed by atoms with van der Waals surface area (Å²) in [7, 11) is 2.16. The fourth-order valence-electron chi connectivity index (χ4n) is 2.10. The van der Waals surface area contributed by atoms with Gasteiger partial charge in [-0.1, -0.05) is 13.8 Å². The summed E-state index contributed by atoms with van der Waals surface area (Å²) in [5.41, 5.74) is 0. The number of anilines is 1. The van der Waals surface area contributed by atoms with Crippen LogP contribution in [0.2, 0.25) is 0 Å². The smallest absolute Gasteiger partial charge is 0.185 e. The van der Waals surface area contributed by atoms with Gasteiger partial charge in [0.1, 0.15) is 0 Å². The lowest BCUT2D eigenvalue weighted by Gasteiger charge is -2.25. The van der Waals surface area contributed by atoms with E-state index in [-0.39, 0.29) is 0 Å². The van der Waals surface area contributed by atoms with Crippen molar-refractivity contribution < 1.29 is 0 Å². The zero-order valence-corrected chi connectivity index (χ0v) is 12.8. The molecule has 1 atom stereocenters. The predicted molar refractivity (Wildman–Crippen MR) is 79.3 cm³/mol. The highest BCUT2D eigenvalue weighted by Gasteiger charge is 2.21. The van der Waals surface area contributed by atoms with Crippen LogP contribution >= 0.6 is 11.3 Å². The van der Waals surface area contributed by atoms with Gasteiger partial charge in [-0.15, -0.1) is 11.3 Å². The minimum Gasteiger partial charge on any atom is -0.348 e. The molecule has 1 unspecified atom stereocenters. The van der Waals surface area contributed by atoms with Crippen molar-refractivity contribution in [2.24, 2.45) is 5.92 Å². The molecule has 1 fully saturated rings. The van der Waals surface area contributed by atoms with Crippen LogP contribution in [0.5, 0.6) is 0 Å². The Hall–Kier alpha value is -0.610. The van der Waals surface area contributed by atoms with Crippen molar-refractivity contribution in [3.05, 3.63) is 11.1 Å². The van der Waals surface area contributed by atoms with Crippen LogP contribution in [0, 0.1) is 5.92 Å². The molecule has 0 spiro atoms. The van der Waals surface area contributed by atoms with Crippen LogP contribution in [0.4, 0.5) is 5.13 Å². The van der Waals surface area contributed by atoms with Gasteiger partial charge >= 0.3 is 0 Å². The summed E-state index contributed by atoms with van der Waals surface area (Å²) in [6.07, 6.45) is 5.92. The lowest BCUT2D eigenvalue weighted by molar-refractivity contribution is 0.504. The van der Waals surface area contributed by atoms with E-state index in [1.807, 2.05) is 17.5 Å².